The summed E-state index contributed by atoms with van der Waals surface area (Å²) in [5.41, 5.74) is 7.19. The van der Waals surface area contributed by atoms with Gasteiger partial charge in [0.1, 0.15) is 5.82 Å². The van der Waals surface area contributed by atoms with Crippen LogP contribution < -0.4 is 10.7 Å². The highest BCUT2D eigenvalue weighted by molar-refractivity contribution is 7.80. The molecule has 0 unspecified atom stereocenters. The number of hydrazone groups is 1. The van der Waals surface area contributed by atoms with Crippen LogP contribution in [0.1, 0.15) is 35.4 Å². The molecule has 0 bridgehead atoms. The predicted octanol–water partition coefficient (Wildman–Crippen LogP) is 3.42. The van der Waals surface area contributed by atoms with Gasteiger partial charge in [0.2, 0.25) is 0 Å². The number of aryl methyl sites for hydroxylation is 1. The van der Waals surface area contributed by atoms with Gasteiger partial charge in [-0.25, -0.2) is 4.39 Å². The van der Waals surface area contributed by atoms with Gasteiger partial charge in [-0.3, -0.25) is 5.43 Å². The van der Waals surface area contributed by atoms with E-state index in [1.54, 1.807) is 18.3 Å². The Balaban J connectivity index is 1.51. The Morgan fingerprint density at radius 3 is 2.85 bits per heavy atom. The molecule has 1 aromatic heterocycles. The van der Waals surface area contributed by atoms with E-state index < -0.39 is 0 Å². The van der Waals surface area contributed by atoms with Gasteiger partial charge in [0.15, 0.2) is 5.11 Å². The number of benzene rings is 1. The number of nitrogens with zero attached hydrogens (tertiary/aromatic N) is 2. The standard InChI is InChI=1S/C20H25FN4OS/c1-14-10-17(15(2)25(14)13-19-4-3-9-26-19)12-23-24-20(27)22-11-16-5-7-18(21)8-6-16/h5-8,10,12,19H,3-4,9,11,13H2,1-2H3,(H2,22,24,27)/b23-12-/t19-/m1/s1. The second-order valence-electron chi connectivity index (χ2n) is 6.75. The lowest BCUT2D eigenvalue weighted by atomic mass is 10.2. The average molecular weight is 389 g/mol. The number of halogens is 1. The van der Waals surface area contributed by atoms with Gasteiger partial charge >= 0.3 is 0 Å². The summed E-state index contributed by atoms with van der Waals surface area (Å²) in [7, 11) is 0. The van der Waals surface area contributed by atoms with Crippen LogP contribution >= 0.6 is 12.2 Å². The number of ether oxygens (including phenoxy) is 1. The lowest BCUT2D eigenvalue weighted by molar-refractivity contribution is 0.0962. The number of hydrogen-bond acceptors (Lipinski definition) is 3. The summed E-state index contributed by atoms with van der Waals surface area (Å²) in [6.45, 7) is 6.45. The van der Waals surface area contributed by atoms with Gasteiger partial charge in [0.25, 0.3) is 0 Å². The fraction of sp³-hybridized carbons (Fsp3) is 0.400. The smallest absolute Gasteiger partial charge is 0.187 e. The molecule has 1 aliphatic rings. The van der Waals surface area contributed by atoms with Crippen molar-refractivity contribution in [2.24, 2.45) is 5.10 Å². The predicted molar refractivity (Wildman–Crippen MR) is 109 cm³/mol. The molecule has 0 spiro atoms. The molecule has 2 N–H and O–H groups in total. The van der Waals surface area contributed by atoms with Gasteiger partial charge in [0.05, 0.1) is 12.3 Å². The van der Waals surface area contributed by atoms with Crippen molar-refractivity contribution < 1.29 is 9.13 Å². The Morgan fingerprint density at radius 1 is 1.37 bits per heavy atom. The Morgan fingerprint density at radius 2 is 2.15 bits per heavy atom. The SMILES string of the molecule is Cc1cc(/C=N\NC(=S)NCc2ccc(F)cc2)c(C)n1C[C@H]1CCCO1. The van der Waals surface area contributed by atoms with Crippen molar-refractivity contribution in [1.82, 2.24) is 15.3 Å². The molecular formula is C20H25FN4OS. The molecule has 27 heavy (non-hydrogen) atoms. The molecular weight excluding hydrogens is 363 g/mol. The molecule has 144 valence electrons. The monoisotopic (exact) mass is 388 g/mol. The first-order chi connectivity index (χ1) is 13.0. The summed E-state index contributed by atoms with van der Waals surface area (Å²) in [5.74, 6) is -0.249. The first-order valence-electron chi connectivity index (χ1n) is 9.12. The molecule has 0 amide bonds. The molecule has 1 aromatic carbocycles. The van der Waals surface area contributed by atoms with Crippen LogP contribution in [-0.2, 0) is 17.8 Å². The van der Waals surface area contributed by atoms with Crippen LogP contribution in [0.25, 0.3) is 0 Å². The normalized spacial score (nSPS) is 16.8. The summed E-state index contributed by atoms with van der Waals surface area (Å²) >= 11 is 5.22. The van der Waals surface area contributed by atoms with E-state index in [9.17, 15) is 4.39 Å². The van der Waals surface area contributed by atoms with Gasteiger partial charge in [-0.2, -0.15) is 5.10 Å². The van der Waals surface area contributed by atoms with Crippen molar-refractivity contribution in [3.05, 3.63) is 58.7 Å². The first kappa shape index (κ1) is 19.5. The molecule has 0 saturated carbocycles. The van der Waals surface area contributed by atoms with Crippen molar-refractivity contribution in [3.63, 3.8) is 0 Å². The fourth-order valence-electron chi connectivity index (χ4n) is 3.22. The number of rotatable bonds is 6. The second-order valence-corrected chi connectivity index (χ2v) is 7.16. The molecule has 1 atom stereocenters. The third-order valence-corrected chi connectivity index (χ3v) is 4.99. The summed E-state index contributed by atoms with van der Waals surface area (Å²) in [5, 5.41) is 7.70. The van der Waals surface area contributed by atoms with E-state index in [1.165, 1.54) is 23.5 Å². The maximum atomic E-state index is 12.9. The van der Waals surface area contributed by atoms with E-state index >= 15 is 0 Å². The minimum Gasteiger partial charge on any atom is -0.376 e. The van der Waals surface area contributed by atoms with E-state index in [1.807, 2.05) is 0 Å². The average Bonchev–Trinajstić information content (AvgIpc) is 3.25. The highest BCUT2D eigenvalue weighted by Crippen LogP contribution is 2.19. The van der Waals surface area contributed by atoms with E-state index in [0.29, 0.717) is 17.8 Å². The van der Waals surface area contributed by atoms with Crippen molar-refractivity contribution in [3.8, 4) is 0 Å². The number of thiocarbonyl (C=S) groups is 1. The zero-order valence-corrected chi connectivity index (χ0v) is 16.5. The summed E-state index contributed by atoms with van der Waals surface area (Å²) < 4.78 is 20.9. The maximum Gasteiger partial charge on any atom is 0.187 e. The summed E-state index contributed by atoms with van der Waals surface area (Å²) in [4.78, 5) is 0. The van der Waals surface area contributed by atoms with Crippen LogP contribution in [0.4, 0.5) is 4.39 Å². The van der Waals surface area contributed by atoms with Crippen LogP contribution in [0.2, 0.25) is 0 Å². The van der Waals surface area contributed by atoms with Crippen LogP contribution in [0.15, 0.2) is 35.4 Å². The second kappa shape index (κ2) is 9.10. The van der Waals surface area contributed by atoms with Crippen molar-refractivity contribution in [2.45, 2.75) is 45.9 Å². The molecule has 2 aromatic rings. The summed E-state index contributed by atoms with van der Waals surface area (Å²) in [6, 6.07) is 8.41. The number of nitrogens with one attached hydrogen (secondary N) is 2. The lowest BCUT2D eigenvalue weighted by Crippen LogP contribution is -2.31. The highest BCUT2D eigenvalue weighted by atomic mass is 32.1. The van der Waals surface area contributed by atoms with Gasteiger partial charge in [-0.1, -0.05) is 12.1 Å². The Labute approximate surface area is 164 Å². The van der Waals surface area contributed by atoms with Crippen molar-refractivity contribution in [1.29, 1.82) is 0 Å². The number of aromatic nitrogens is 1. The molecule has 7 heteroatoms. The third kappa shape index (κ3) is 5.37. The minimum absolute atomic E-state index is 0.249. The van der Waals surface area contributed by atoms with Crippen LogP contribution in [0.5, 0.6) is 0 Å². The van der Waals surface area contributed by atoms with Crippen LogP contribution in [0, 0.1) is 19.7 Å². The molecule has 1 aliphatic heterocycles. The van der Waals surface area contributed by atoms with E-state index in [-0.39, 0.29) is 5.82 Å². The van der Waals surface area contributed by atoms with Gasteiger partial charge in [-0.05, 0) is 62.7 Å². The third-order valence-electron chi connectivity index (χ3n) is 4.76. The molecule has 0 radical (unpaired) electrons. The van der Waals surface area contributed by atoms with Crippen molar-refractivity contribution >= 4 is 23.5 Å². The zero-order chi connectivity index (χ0) is 19.2. The van der Waals surface area contributed by atoms with Crippen LogP contribution in [-0.4, -0.2) is 28.6 Å². The molecule has 5 nitrogen and oxygen atoms in total. The lowest BCUT2D eigenvalue weighted by Gasteiger charge is -2.14. The largest absolute Gasteiger partial charge is 0.376 e. The minimum atomic E-state index is -0.249. The van der Waals surface area contributed by atoms with Gasteiger partial charge in [0, 0.05) is 36.6 Å². The number of hydrogen-bond donors (Lipinski definition) is 2. The molecule has 1 fully saturated rings. The molecule has 3 rings (SSSR count). The Hall–Kier alpha value is -2.25. The quantitative estimate of drug-likeness (QED) is 0.452. The first-order valence-corrected chi connectivity index (χ1v) is 9.53. The van der Waals surface area contributed by atoms with Crippen molar-refractivity contribution in [2.75, 3.05) is 6.61 Å². The Bertz CT molecular complexity index is 810. The maximum absolute atomic E-state index is 12.9. The molecule has 1 saturated heterocycles. The van der Waals surface area contributed by atoms with Gasteiger partial charge < -0.3 is 14.6 Å². The van der Waals surface area contributed by atoms with Gasteiger partial charge in [-0.15, -0.1) is 0 Å². The summed E-state index contributed by atoms with van der Waals surface area (Å²) in [6.07, 6.45) is 4.35. The zero-order valence-electron chi connectivity index (χ0n) is 15.7. The van der Waals surface area contributed by atoms with E-state index in [4.69, 9.17) is 17.0 Å². The molecule has 0 aliphatic carbocycles. The molecule has 2 heterocycles. The Kier molecular flexibility index (Phi) is 6.58. The fourth-order valence-corrected chi connectivity index (χ4v) is 3.34. The highest BCUT2D eigenvalue weighted by Gasteiger charge is 2.18. The topological polar surface area (TPSA) is 50.6 Å². The van der Waals surface area contributed by atoms with Crippen LogP contribution in [0.3, 0.4) is 0 Å². The van der Waals surface area contributed by atoms with E-state index in [0.717, 1.165) is 37.1 Å². The van der Waals surface area contributed by atoms with E-state index in [2.05, 4.69) is 40.3 Å².